The van der Waals surface area contributed by atoms with Crippen LogP contribution in [0.5, 0.6) is 0 Å². The third kappa shape index (κ3) is 11.4. The molecule has 202 valence electrons. The van der Waals surface area contributed by atoms with E-state index in [1.54, 1.807) is 6.55 Å². The van der Waals surface area contributed by atoms with E-state index in [4.69, 9.17) is 17.1 Å². The summed E-state index contributed by atoms with van der Waals surface area (Å²) in [6.45, 7) is 14.0. The lowest BCUT2D eigenvalue weighted by atomic mass is 10.1. The lowest BCUT2D eigenvalue weighted by Gasteiger charge is -2.40. The van der Waals surface area contributed by atoms with Crippen molar-refractivity contribution in [3.8, 4) is 0 Å². The maximum atomic E-state index is 13.2. The second-order valence-corrected chi connectivity index (χ2v) is 20.7. The minimum Gasteiger partial charge on any atom is -0.415 e. The van der Waals surface area contributed by atoms with Crippen LogP contribution in [0.2, 0.25) is 38.8 Å². The molecule has 0 saturated carbocycles. The van der Waals surface area contributed by atoms with Crippen molar-refractivity contribution in [1.29, 1.82) is 0 Å². The monoisotopic (exact) mass is 558 g/mol. The van der Waals surface area contributed by atoms with Gasteiger partial charge in [0.05, 0.1) is 13.2 Å². The fraction of sp³-hybridized carbons (Fsp3) is 0.538. The molecule has 0 aliphatic carbocycles. The molecular formula is C26H41F3O4Si3. The normalized spacial score (nSPS) is 13.3. The van der Waals surface area contributed by atoms with Crippen LogP contribution in [-0.2, 0) is 43.1 Å². The largest absolute Gasteiger partial charge is 0.415 e. The average Bonchev–Trinajstić information content (AvgIpc) is 2.80. The highest BCUT2D eigenvalue weighted by Crippen LogP contribution is 2.32. The number of benzene rings is 2. The highest BCUT2D eigenvalue weighted by atomic mass is 28.5. The van der Waals surface area contributed by atoms with E-state index in [2.05, 4.69) is 38.1 Å². The van der Waals surface area contributed by atoms with Gasteiger partial charge in [-0.2, -0.15) is 13.2 Å². The number of aryl methyl sites for hydroxylation is 2. The molecule has 0 spiro atoms. The van der Waals surface area contributed by atoms with Gasteiger partial charge in [-0.1, -0.05) is 62.4 Å². The second kappa shape index (κ2) is 13.0. The van der Waals surface area contributed by atoms with Gasteiger partial charge < -0.3 is 17.1 Å². The zero-order chi connectivity index (χ0) is 27.0. The molecule has 0 fully saturated rings. The minimum atomic E-state index is -4.29. The molecule has 0 amide bonds. The molecule has 0 unspecified atom stereocenters. The Hall–Kier alpha value is -1.28. The molecule has 4 nitrogen and oxygen atoms in total. The van der Waals surface area contributed by atoms with Crippen molar-refractivity contribution in [2.75, 3.05) is 0 Å². The molecule has 0 bridgehead atoms. The van der Waals surface area contributed by atoms with Gasteiger partial charge in [-0.3, -0.25) is 0 Å². The zero-order valence-corrected chi connectivity index (χ0v) is 25.6. The summed E-state index contributed by atoms with van der Waals surface area (Å²) >= 11 is 0. The summed E-state index contributed by atoms with van der Waals surface area (Å²) < 4.78 is 64.6. The first kappa shape index (κ1) is 30.9. The Morgan fingerprint density at radius 1 is 0.611 bits per heavy atom. The Morgan fingerprint density at radius 2 is 0.944 bits per heavy atom. The van der Waals surface area contributed by atoms with Crippen molar-refractivity contribution in [3.05, 3.63) is 70.8 Å². The Labute approximate surface area is 217 Å². The molecule has 0 radical (unpaired) electrons. The second-order valence-electron chi connectivity index (χ2n) is 10.2. The maximum Gasteiger partial charge on any atom is 0.389 e. The summed E-state index contributed by atoms with van der Waals surface area (Å²) in [5.41, 5.74) is 4.48. The SMILES string of the molecule is CCc1ccc(CO[Si](C)(C)O[Si](C)(CCC(F)(F)F)O[Si](C)(C)OCc2ccc(CC)cc2)cc1. The van der Waals surface area contributed by atoms with E-state index in [9.17, 15) is 13.2 Å². The summed E-state index contributed by atoms with van der Waals surface area (Å²) in [4.78, 5) is 0. The van der Waals surface area contributed by atoms with Crippen LogP contribution in [0.3, 0.4) is 0 Å². The fourth-order valence-corrected chi connectivity index (χ4v) is 15.8. The van der Waals surface area contributed by atoms with Gasteiger partial charge in [0.15, 0.2) is 0 Å². The molecule has 0 aliphatic rings. The molecular weight excluding hydrogens is 518 g/mol. The summed E-state index contributed by atoms with van der Waals surface area (Å²) in [6, 6.07) is 16.1. The van der Waals surface area contributed by atoms with Gasteiger partial charge in [0.25, 0.3) is 0 Å². The van der Waals surface area contributed by atoms with Gasteiger partial charge in [0, 0.05) is 6.42 Å². The highest BCUT2D eigenvalue weighted by molar-refractivity contribution is 6.85. The zero-order valence-electron chi connectivity index (χ0n) is 22.6. The summed E-state index contributed by atoms with van der Waals surface area (Å²) in [7, 11) is -8.88. The van der Waals surface area contributed by atoms with Gasteiger partial charge in [0.1, 0.15) is 0 Å². The van der Waals surface area contributed by atoms with E-state index in [-0.39, 0.29) is 6.04 Å². The van der Waals surface area contributed by atoms with E-state index in [0.29, 0.717) is 13.2 Å². The van der Waals surface area contributed by atoms with E-state index < -0.39 is 38.3 Å². The predicted octanol–water partition coefficient (Wildman–Crippen LogP) is 8.01. The van der Waals surface area contributed by atoms with Crippen LogP contribution in [-0.4, -0.2) is 31.9 Å². The molecule has 2 aromatic carbocycles. The lowest BCUT2D eigenvalue weighted by molar-refractivity contribution is -0.131. The van der Waals surface area contributed by atoms with Gasteiger partial charge in [-0.15, -0.1) is 0 Å². The van der Waals surface area contributed by atoms with Crippen LogP contribution in [0.25, 0.3) is 0 Å². The smallest absolute Gasteiger partial charge is 0.389 e. The van der Waals surface area contributed by atoms with Gasteiger partial charge in [-0.25, -0.2) is 0 Å². The molecule has 0 aromatic heterocycles. The maximum absolute atomic E-state index is 13.2. The van der Waals surface area contributed by atoms with Crippen LogP contribution in [0.15, 0.2) is 48.5 Å². The van der Waals surface area contributed by atoms with Crippen molar-refractivity contribution in [1.82, 2.24) is 0 Å². The molecule has 10 heteroatoms. The van der Waals surface area contributed by atoms with Crippen molar-refractivity contribution in [2.24, 2.45) is 0 Å². The summed E-state index contributed by atoms with van der Waals surface area (Å²) in [6.07, 6.45) is -3.34. The first-order valence-electron chi connectivity index (χ1n) is 12.5. The van der Waals surface area contributed by atoms with Gasteiger partial charge >= 0.3 is 31.9 Å². The number of hydrogen-bond acceptors (Lipinski definition) is 4. The molecule has 36 heavy (non-hydrogen) atoms. The number of rotatable bonds is 14. The Balaban J connectivity index is 2.08. The number of hydrogen-bond donors (Lipinski definition) is 0. The Morgan fingerprint density at radius 3 is 1.25 bits per heavy atom. The molecule has 2 rings (SSSR count). The molecule has 0 aliphatic heterocycles. The minimum absolute atomic E-state index is 0.202. The third-order valence-electron chi connectivity index (χ3n) is 5.82. The molecule has 0 N–H and O–H groups in total. The van der Waals surface area contributed by atoms with Crippen LogP contribution in [0, 0.1) is 0 Å². The third-order valence-corrected chi connectivity index (χ3v) is 16.0. The lowest BCUT2D eigenvalue weighted by Crippen LogP contribution is -2.56. The summed E-state index contributed by atoms with van der Waals surface area (Å²) in [5.74, 6) is 0. The highest BCUT2D eigenvalue weighted by Gasteiger charge is 2.47. The van der Waals surface area contributed by atoms with Crippen LogP contribution in [0.4, 0.5) is 13.2 Å². The van der Waals surface area contributed by atoms with Crippen LogP contribution < -0.4 is 0 Å². The van der Waals surface area contributed by atoms with Crippen molar-refractivity contribution in [3.63, 3.8) is 0 Å². The molecule has 2 aromatic rings. The average molecular weight is 559 g/mol. The van der Waals surface area contributed by atoms with E-state index in [1.165, 1.54) is 11.1 Å². The summed E-state index contributed by atoms with van der Waals surface area (Å²) in [5, 5.41) is 0. The molecule has 0 atom stereocenters. The number of alkyl halides is 3. The van der Waals surface area contributed by atoms with Crippen molar-refractivity contribution >= 4 is 25.7 Å². The van der Waals surface area contributed by atoms with Crippen molar-refractivity contribution in [2.45, 2.75) is 91.3 Å². The predicted molar refractivity (Wildman–Crippen MR) is 145 cm³/mol. The first-order valence-corrected chi connectivity index (χ1v) is 20.7. The van der Waals surface area contributed by atoms with E-state index in [0.717, 1.165) is 24.0 Å². The Kier molecular flexibility index (Phi) is 11.2. The fourth-order valence-electron chi connectivity index (χ4n) is 3.85. The molecule has 0 heterocycles. The molecule has 0 saturated heterocycles. The Bertz CT molecular complexity index is 867. The topological polar surface area (TPSA) is 36.9 Å². The van der Waals surface area contributed by atoms with E-state index in [1.807, 2.05) is 50.5 Å². The first-order chi connectivity index (χ1) is 16.6. The van der Waals surface area contributed by atoms with Gasteiger partial charge in [-0.05, 0) is 73.9 Å². The number of halogens is 3. The quantitative estimate of drug-likeness (QED) is 0.220. The van der Waals surface area contributed by atoms with E-state index >= 15 is 0 Å². The van der Waals surface area contributed by atoms with Crippen LogP contribution in [0.1, 0.15) is 42.5 Å². The van der Waals surface area contributed by atoms with Crippen LogP contribution >= 0.6 is 0 Å². The van der Waals surface area contributed by atoms with Gasteiger partial charge in [0.2, 0.25) is 0 Å². The van der Waals surface area contributed by atoms with Crippen molar-refractivity contribution < 1.29 is 30.3 Å². The standard InChI is InChI=1S/C26H41F3O4Si3/c1-8-22-10-14-24(15-11-22)20-30-34(3,4)32-36(7,19-18-26(27,28)29)33-35(5,6)31-21-25-16-12-23(9-2)13-17-25/h10-17H,8-9,18-21H2,1-7H3.